The van der Waals surface area contributed by atoms with Crippen molar-refractivity contribution in [2.75, 3.05) is 56.6 Å². The van der Waals surface area contributed by atoms with E-state index in [0.29, 0.717) is 6.07 Å². The molecule has 0 radical (unpaired) electrons. The Morgan fingerprint density at radius 1 is 0.886 bits per heavy atom. The first-order valence-corrected chi connectivity index (χ1v) is 28.4. The zero-order valence-electron chi connectivity index (χ0n) is 49.6. The summed E-state index contributed by atoms with van der Waals surface area (Å²) in [6.07, 6.45) is 5.14. The van der Waals surface area contributed by atoms with Crippen LogP contribution in [0, 0.1) is 54.0 Å². The number of aromatic carboxylic acids is 1. The van der Waals surface area contributed by atoms with E-state index in [0.717, 1.165) is 41.4 Å². The van der Waals surface area contributed by atoms with Gasteiger partial charge in [-0.3, -0.25) is 33.5 Å². The number of aromatic hydroxyl groups is 3. The van der Waals surface area contributed by atoms with E-state index < -0.39 is 146 Å². The third kappa shape index (κ3) is 11.8. The van der Waals surface area contributed by atoms with E-state index in [-0.39, 0.29) is 102 Å². The minimum Gasteiger partial charge on any atom is -0.507 e. The number of allylic oxidation sites excluding steroid dienone is 2. The molecule has 23 nitrogen and oxygen atoms in total. The van der Waals surface area contributed by atoms with Crippen LogP contribution >= 0.6 is 0 Å². The van der Waals surface area contributed by atoms with E-state index in [4.69, 9.17) is 18.9 Å². The van der Waals surface area contributed by atoms with E-state index >= 15 is 8.78 Å². The summed E-state index contributed by atoms with van der Waals surface area (Å²) in [5.41, 5.74) is -3.60. The molecule has 468 valence electrons. The van der Waals surface area contributed by atoms with Gasteiger partial charge in [-0.25, -0.2) is 22.9 Å². The Morgan fingerprint density at radius 3 is 2.25 bits per heavy atom. The molecule has 5 bridgehead atoms. The second kappa shape index (κ2) is 25.0. The monoisotopic (exact) mass is 1220 g/mol. The van der Waals surface area contributed by atoms with Crippen LogP contribution in [0.3, 0.4) is 0 Å². The third-order valence-corrected chi connectivity index (χ3v) is 17.1. The molecule has 2 aromatic heterocycles. The molecule has 0 spiro atoms. The number of hydrogen-bond donors (Lipinski definition) is 7. The maximum Gasteiger partial charge on any atom is 0.341 e. The maximum atomic E-state index is 16.0. The maximum absolute atomic E-state index is 16.0. The van der Waals surface area contributed by atoms with E-state index in [1.807, 2.05) is 0 Å². The van der Waals surface area contributed by atoms with Crippen LogP contribution < -0.4 is 20.4 Å². The number of nitrogens with one attached hydrogen (secondary N) is 1. The van der Waals surface area contributed by atoms with E-state index in [9.17, 15) is 63.8 Å². The van der Waals surface area contributed by atoms with Gasteiger partial charge in [0.25, 0.3) is 11.7 Å². The number of ketones is 1. The lowest BCUT2D eigenvalue weighted by Crippen LogP contribution is -2.49. The molecule has 0 saturated carbocycles. The number of anilines is 2. The van der Waals surface area contributed by atoms with Crippen molar-refractivity contribution in [2.45, 2.75) is 92.0 Å². The topological polar surface area (TPSA) is 313 Å². The SMILES string of the molecule is CO[C@H]1/C=C/O[C@@]2(C)Oc3c(C)c(O)c4c(O)c(c(/C=N/N5CCN(C(=O)C6CCN(c7nc8c(cc7F)c(=O)c(C(=O)O)cn8-c7ccc(F)cc7F)C6)CC5)c(O)c4c3C2=O)NC(=O)/C(C)=C\C=C\[C@H](C)[C@H](O)[C@@H](C)[C@@H](O)[C@@H](C)[C@H](OC(C)=O)[C@@H]1C. The lowest BCUT2D eigenvalue weighted by Gasteiger charge is -2.38. The van der Waals surface area contributed by atoms with Gasteiger partial charge < -0.3 is 64.7 Å². The van der Waals surface area contributed by atoms with Crippen LogP contribution in [-0.2, 0) is 28.6 Å². The average Bonchev–Trinajstić information content (AvgIpc) is 1.43. The molecule has 5 aromatic rings. The number of halogens is 3. The third-order valence-electron chi connectivity index (χ3n) is 17.1. The van der Waals surface area contributed by atoms with Gasteiger partial charge in [-0.2, -0.15) is 5.10 Å². The Bertz CT molecular complexity index is 3860. The number of phenolic OH excluding ortho intramolecular Hbond substituents is 3. The fourth-order valence-corrected chi connectivity index (χ4v) is 11.9. The zero-order valence-corrected chi connectivity index (χ0v) is 49.6. The van der Waals surface area contributed by atoms with Crippen LogP contribution in [0.25, 0.3) is 27.5 Å². The van der Waals surface area contributed by atoms with E-state index in [1.54, 1.807) is 43.7 Å². The van der Waals surface area contributed by atoms with Crippen LogP contribution in [0.4, 0.5) is 24.7 Å². The van der Waals surface area contributed by atoms with E-state index in [2.05, 4.69) is 15.4 Å². The summed E-state index contributed by atoms with van der Waals surface area (Å²) in [5.74, 6) is -15.6. The van der Waals surface area contributed by atoms with Gasteiger partial charge in [-0.05, 0) is 44.5 Å². The summed E-state index contributed by atoms with van der Waals surface area (Å²) in [5, 5.41) is 76.8. The number of ether oxygens (including phenoxy) is 4. The van der Waals surface area contributed by atoms with Crippen LogP contribution in [0.15, 0.2) is 76.5 Å². The molecule has 7 N–H and O–H groups in total. The van der Waals surface area contributed by atoms with Crippen LogP contribution in [0.2, 0.25) is 0 Å². The summed E-state index contributed by atoms with van der Waals surface area (Å²) in [4.78, 5) is 88.1. The first kappa shape index (κ1) is 63.5. The second-order valence-corrected chi connectivity index (χ2v) is 22.9. The minimum absolute atomic E-state index is 0.0354. The number of carbonyl (C=O) groups excluding carboxylic acids is 4. The number of phenols is 3. The molecule has 88 heavy (non-hydrogen) atoms. The summed E-state index contributed by atoms with van der Waals surface area (Å²) < 4.78 is 69.7. The summed E-state index contributed by atoms with van der Waals surface area (Å²) in [6, 6.07) is 3.28. The van der Waals surface area contributed by atoms with Gasteiger partial charge in [0, 0.05) is 99.6 Å². The number of hydrazone groups is 1. The molecule has 10 rings (SSSR count). The van der Waals surface area contributed by atoms with Crippen molar-refractivity contribution in [3.05, 3.63) is 117 Å². The highest BCUT2D eigenvalue weighted by molar-refractivity contribution is 6.24. The number of amides is 2. The van der Waals surface area contributed by atoms with Crippen molar-refractivity contribution in [1.82, 2.24) is 19.5 Å². The van der Waals surface area contributed by atoms with Gasteiger partial charge in [0.15, 0.2) is 23.0 Å². The molecule has 2 amide bonds. The van der Waals surface area contributed by atoms with Gasteiger partial charge in [-0.1, -0.05) is 45.9 Å². The lowest BCUT2D eigenvalue weighted by molar-refractivity contribution is -0.160. The number of aromatic nitrogens is 2. The number of nitrogens with zero attached hydrogens (tertiary/aromatic N) is 6. The Balaban J connectivity index is 1.01. The smallest absolute Gasteiger partial charge is 0.341 e. The molecule has 0 aliphatic carbocycles. The molecular formula is C62H68F3N7O16. The van der Waals surface area contributed by atoms with Gasteiger partial charge in [0.05, 0.1) is 83.1 Å². The van der Waals surface area contributed by atoms with Crippen molar-refractivity contribution < 1.29 is 86.7 Å². The molecule has 3 aromatic carbocycles. The summed E-state index contributed by atoms with van der Waals surface area (Å²) in [6.45, 7) is 12.6. The lowest BCUT2D eigenvalue weighted by atomic mass is 9.78. The molecule has 7 heterocycles. The predicted octanol–water partition coefficient (Wildman–Crippen LogP) is 6.57. The van der Waals surface area contributed by atoms with Crippen LogP contribution in [0.1, 0.15) is 86.7 Å². The molecular weight excluding hydrogens is 1160 g/mol. The number of piperazine rings is 1. The first-order chi connectivity index (χ1) is 41.6. The molecule has 10 atom stereocenters. The number of pyridine rings is 2. The number of carboxylic acid groups (broad SMARTS) is 1. The standard InChI is InChI=1S/C62H68F3N7O16/c1-28-11-10-12-29(2)59(81)67-47-38(52(78)44-45(53(47)79)50(76)33(6)55-46(44)56(80)62(8,88-55)86-22-16-43(85-9)30(3)54(87-34(7)73)32(5)49(75)31(4)48(28)74)25-66-71-20-18-69(19-21-71)60(82)35-15-17-70(26-35)58-41(65)24-37-51(77)39(61(83)84)27-72(57(37)68-58)42-14-13-36(63)23-40(42)64/h10-14,16,22-25,27-28,30-32,35,43,48-49,54,74-76,78-79H,15,17-21,26H2,1-9H3,(H,67,81)(H,83,84)/b11-10+,22-16+,29-12-,66-25+/t28-,30+,31+,32+,35?,43-,48-,49+,54+,62-/m0/s1. The van der Waals surface area contributed by atoms with Crippen LogP contribution in [0.5, 0.6) is 23.0 Å². The Labute approximate surface area is 502 Å². The minimum atomic E-state index is -2.17. The normalized spacial score (nSPS) is 26.9. The Morgan fingerprint density at radius 2 is 1.59 bits per heavy atom. The van der Waals surface area contributed by atoms with Gasteiger partial charge >= 0.3 is 17.7 Å². The van der Waals surface area contributed by atoms with E-state index in [1.165, 1.54) is 57.9 Å². The number of methoxy groups -OCH3 is 1. The molecule has 2 fully saturated rings. The quantitative estimate of drug-likeness (QED) is 0.0374. The predicted molar refractivity (Wildman–Crippen MR) is 314 cm³/mol. The number of hydrogen-bond acceptors (Lipinski definition) is 19. The number of aliphatic hydroxyl groups excluding tert-OH is 2. The van der Waals surface area contributed by atoms with Crippen molar-refractivity contribution >= 4 is 69.1 Å². The average molecular weight is 1220 g/mol. The zero-order chi connectivity index (χ0) is 64.1. The van der Waals surface area contributed by atoms with Crippen molar-refractivity contribution in [3.63, 3.8) is 0 Å². The second-order valence-electron chi connectivity index (χ2n) is 22.9. The van der Waals surface area contributed by atoms with Crippen LogP contribution in [-0.4, -0.2) is 162 Å². The molecule has 26 heteroatoms. The largest absolute Gasteiger partial charge is 0.507 e. The number of aliphatic hydroxyl groups is 2. The number of carboxylic acids is 1. The molecule has 1 unspecified atom stereocenters. The number of carbonyl (C=O) groups is 5. The fraction of sp³-hybridized carbons (Fsp3) is 0.419. The van der Waals surface area contributed by atoms with Crippen molar-refractivity contribution in [2.24, 2.45) is 34.7 Å². The van der Waals surface area contributed by atoms with Gasteiger partial charge in [0.1, 0.15) is 40.6 Å². The molecule has 5 aliphatic rings. The van der Waals surface area contributed by atoms with Crippen molar-refractivity contribution in [1.29, 1.82) is 0 Å². The highest BCUT2D eigenvalue weighted by Gasteiger charge is 2.50. The first-order valence-electron chi connectivity index (χ1n) is 28.4. The summed E-state index contributed by atoms with van der Waals surface area (Å²) >= 11 is 0. The number of rotatable bonds is 8. The Hall–Kier alpha value is -9.01. The number of fused-ring (bicyclic) bond motifs is 15. The van der Waals surface area contributed by atoms with Gasteiger partial charge in [-0.15, -0.1) is 0 Å². The summed E-state index contributed by atoms with van der Waals surface area (Å²) in [7, 11) is 1.39. The fourth-order valence-electron chi connectivity index (χ4n) is 11.9. The van der Waals surface area contributed by atoms with Gasteiger partial charge in [0.2, 0.25) is 11.3 Å². The Kier molecular flexibility index (Phi) is 18.0. The number of benzene rings is 3. The highest BCUT2D eigenvalue weighted by atomic mass is 19.1. The highest BCUT2D eigenvalue weighted by Crippen LogP contribution is 2.55. The number of esters is 1. The number of Topliss-reactive ketones (excluding diaryl/α,β-unsaturated/α-hetero) is 1. The molecule has 5 aliphatic heterocycles. The van der Waals surface area contributed by atoms with Crippen molar-refractivity contribution in [3.8, 4) is 28.7 Å². The molecule has 2 saturated heterocycles.